The van der Waals surface area contributed by atoms with Crippen molar-refractivity contribution in [2.45, 2.75) is 32.9 Å². The van der Waals surface area contributed by atoms with Gasteiger partial charge in [-0.05, 0) is 31.0 Å². The lowest BCUT2D eigenvalue weighted by Gasteiger charge is -2.17. The van der Waals surface area contributed by atoms with E-state index in [1.807, 2.05) is 56.3 Å². The Kier molecular flexibility index (Phi) is 3.81. The number of hydrogen-bond donors (Lipinski definition) is 1. The van der Waals surface area contributed by atoms with Gasteiger partial charge in [-0.3, -0.25) is 4.57 Å². The summed E-state index contributed by atoms with van der Waals surface area (Å²) in [5, 5.41) is 14.5. The van der Waals surface area contributed by atoms with Crippen LogP contribution in [-0.4, -0.2) is 19.3 Å². The van der Waals surface area contributed by atoms with E-state index >= 15 is 0 Å². The molecule has 0 amide bonds. The van der Waals surface area contributed by atoms with Gasteiger partial charge in [0.05, 0.1) is 29.6 Å². The Morgan fingerprint density at radius 3 is 2.64 bits per heavy atom. The topological polar surface area (TPSA) is 59.5 Å². The second-order valence-electron chi connectivity index (χ2n) is 5.47. The molecule has 22 heavy (non-hydrogen) atoms. The summed E-state index contributed by atoms with van der Waals surface area (Å²) in [6, 6.07) is 13.4. The van der Waals surface area contributed by atoms with Gasteiger partial charge in [0.1, 0.15) is 0 Å². The summed E-state index contributed by atoms with van der Waals surface area (Å²) in [6.07, 6.45) is -0.117. The molecule has 0 bridgehead atoms. The van der Waals surface area contributed by atoms with E-state index in [-0.39, 0.29) is 5.69 Å². The molecule has 0 fully saturated rings. The van der Waals surface area contributed by atoms with Gasteiger partial charge in [0, 0.05) is 0 Å². The maximum Gasteiger partial charge on any atom is 0.349 e. The molecule has 0 aliphatic rings. The van der Waals surface area contributed by atoms with Crippen LogP contribution in [0.1, 0.15) is 36.4 Å². The van der Waals surface area contributed by atoms with Crippen LogP contribution >= 0.6 is 0 Å². The number of aromatic nitrogens is 3. The Labute approximate surface area is 128 Å². The first-order valence-corrected chi connectivity index (χ1v) is 7.42. The van der Waals surface area contributed by atoms with Gasteiger partial charge in [-0.1, -0.05) is 37.3 Å². The number of aliphatic hydroxyl groups is 1. The third-order valence-corrected chi connectivity index (χ3v) is 3.79. The Bertz CT molecular complexity index is 849. The molecule has 0 saturated carbocycles. The highest BCUT2D eigenvalue weighted by Gasteiger charge is 2.16. The van der Waals surface area contributed by atoms with Gasteiger partial charge in [-0.2, -0.15) is 9.61 Å². The summed E-state index contributed by atoms with van der Waals surface area (Å²) in [4.78, 5) is 12.7. The number of nitrogens with zero attached hydrogens (tertiary/aromatic N) is 3. The van der Waals surface area contributed by atoms with Gasteiger partial charge >= 0.3 is 5.69 Å². The van der Waals surface area contributed by atoms with Crippen molar-refractivity contribution in [1.29, 1.82) is 0 Å². The molecule has 0 spiro atoms. The number of aliphatic hydroxyl groups excluding tert-OH is 1. The molecule has 0 radical (unpaired) electrons. The first-order chi connectivity index (χ1) is 10.6. The highest BCUT2D eigenvalue weighted by molar-refractivity contribution is 5.48. The van der Waals surface area contributed by atoms with E-state index in [4.69, 9.17) is 0 Å². The molecule has 2 aromatic heterocycles. The number of benzene rings is 1. The lowest BCUT2D eigenvalue weighted by Crippen LogP contribution is -2.31. The van der Waals surface area contributed by atoms with Crippen LogP contribution in [0, 0.1) is 6.92 Å². The summed E-state index contributed by atoms with van der Waals surface area (Å²) in [7, 11) is 0. The smallest absolute Gasteiger partial charge is 0.349 e. The van der Waals surface area contributed by atoms with Crippen molar-refractivity contribution >= 4 is 5.52 Å². The highest BCUT2D eigenvalue weighted by Crippen LogP contribution is 2.18. The van der Waals surface area contributed by atoms with Gasteiger partial charge in [-0.25, -0.2) is 4.79 Å². The summed E-state index contributed by atoms with van der Waals surface area (Å²) in [5.74, 6) is 0. The van der Waals surface area contributed by atoms with Gasteiger partial charge < -0.3 is 5.11 Å². The van der Waals surface area contributed by atoms with E-state index in [2.05, 4.69) is 5.10 Å². The van der Waals surface area contributed by atoms with Gasteiger partial charge in [0.25, 0.3) is 0 Å². The van der Waals surface area contributed by atoms with Crippen LogP contribution in [0.15, 0.2) is 47.3 Å². The first-order valence-electron chi connectivity index (χ1n) is 7.42. The van der Waals surface area contributed by atoms with Crippen molar-refractivity contribution in [3.63, 3.8) is 0 Å². The monoisotopic (exact) mass is 297 g/mol. The van der Waals surface area contributed by atoms with Crippen molar-refractivity contribution in [3.05, 3.63) is 69.9 Å². The molecule has 1 aromatic carbocycles. The molecule has 3 rings (SSSR count). The quantitative estimate of drug-likeness (QED) is 0.804. The Balaban J connectivity index is 2.20. The van der Waals surface area contributed by atoms with Gasteiger partial charge in [-0.15, -0.1) is 0 Å². The zero-order valence-electron chi connectivity index (χ0n) is 12.7. The van der Waals surface area contributed by atoms with E-state index < -0.39 is 6.10 Å². The van der Waals surface area contributed by atoms with Crippen molar-refractivity contribution in [2.75, 3.05) is 0 Å². The van der Waals surface area contributed by atoms with Crippen LogP contribution in [-0.2, 0) is 6.54 Å². The van der Waals surface area contributed by atoms with Crippen molar-refractivity contribution in [2.24, 2.45) is 0 Å². The maximum atomic E-state index is 12.7. The molecule has 114 valence electrons. The molecule has 1 N–H and O–H groups in total. The van der Waals surface area contributed by atoms with E-state index in [9.17, 15) is 9.90 Å². The normalized spacial score (nSPS) is 12.7. The summed E-state index contributed by atoms with van der Waals surface area (Å²) < 4.78 is 2.99. The lowest BCUT2D eigenvalue weighted by atomic mass is 10.1. The molecule has 3 aromatic rings. The zero-order valence-corrected chi connectivity index (χ0v) is 12.7. The third-order valence-electron chi connectivity index (χ3n) is 3.79. The third kappa shape index (κ3) is 2.55. The molecule has 5 heteroatoms. The van der Waals surface area contributed by atoms with Crippen molar-refractivity contribution in [1.82, 2.24) is 14.2 Å². The highest BCUT2D eigenvalue weighted by atomic mass is 16.3. The van der Waals surface area contributed by atoms with E-state index in [1.165, 1.54) is 4.52 Å². The van der Waals surface area contributed by atoms with Crippen LogP contribution in [0.5, 0.6) is 0 Å². The molecule has 0 saturated heterocycles. The molecule has 1 atom stereocenters. The summed E-state index contributed by atoms with van der Waals surface area (Å²) in [5.41, 5.74) is 2.92. The molecule has 0 aliphatic carbocycles. The summed E-state index contributed by atoms with van der Waals surface area (Å²) in [6.45, 7) is 4.17. The second kappa shape index (κ2) is 5.77. The lowest BCUT2D eigenvalue weighted by molar-refractivity contribution is 0.162. The Morgan fingerprint density at radius 2 is 1.95 bits per heavy atom. The molecular formula is C17H19N3O2. The molecular weight excluding hydrogens is 278 g/mol. The number of fused-ring (bicyclic) bond motifs is 1. The molecule has 0 aliphatic heterocycles. The van der Waals surface area contributed by atoms with Crippen molar-refractivity contribution in [3.8, 4) is 0 Å². The van der Waals surface area contributed by atoms with Crippen LogP contribution < -0.4 is 5.69 Å². The Morgan fingerprint density at radius 1 is 1.23 bits per heavy atom. The average molecular weight is 297 g/mol. The predicted octanol–water partition coefficient (Wildman–Crippen LogP) is 2.30. The van der Waals surface area contributed by atoms with E-state index in [0.29, 0.717) is 24.2 Å². The molecule has 2 heterocycles. The predicted molar refractivity (Wildman–Crippen MR) is 85.0 cm³/mol. The van der Waals surface area contributed by atoms with Gasteiger partial charge in [0.15, 0.2) is 0 Å². The number of hydrogen-bond acceptors (Lipinski definition) is 3. The first kappa shape index (κ1) is 14.5. The minimum atomic E-state index is -0.670. The largest absolute Gasteiger partial charge is 0.387 e. The van der Waals surface area contributed by atoms with Crippen LogP contribution in [0.2, 0.25) is 0 Å². The summed E-state index contributed by atoms with van der Waals surface area (Å²) >= 11 is 0. The fraction of sp³-hybridized carbons (Fsp3) is 0.294. The van der Waals surface area contributed by atoms with Crippen molar-refractivity contribution < 1.29 is 5.11 Å². The minimum absolute atomic E-state index is 0.225. The fourth-order valence-electron chi connectivity index (χ4n) is 2.64. The minimum Gasteiger partial charge on any atom is -0.387 e. The van der Waals surface area contributed by atoms with Gasteiger partial charge in [0.2, 0.25) is 0 Å². The molecule has 5 nitrogen and oxygen atoms in total. The van der Waals surface area contributed by atoms with E-state index in [0.717, 1.165) is 11.3 Å². The maximum absolute atomic E-state index is 12.7. The standard InChI is InChI=1S/C17H19N3O2/c1-3-16(21)15-10-14-9-12(2)18-20(14)17(22)19(15)11-13-7-5-4-6-8-13/h4-10,16,21H,3,11H2,1-2H3. The van der Waals surface area contributed by atoms with Crippen LogP contribution in [0.3, 0.4) is 0 Å². The second-order valence-corrected chi connectivity index (χ2v) is 5.47. The number of aryl methyl sites for hydroxylation is 1. The Hall–Kier alpha value is -2.40. The van der Waals surface area contributed by atoms with E-state index in [1.54, 1.807) is 4.57 Å². The number of rotatable bonds is 4. The zero-order chi connectivity index (χ0) is 15.7. The van der Waals surface area contributed by atoms with Crippen LogP contribution in [0.25, 0.3) is 5.52 Å². The fourth-order valence-corrected chi connectivity index (χ4v) is 2.64. The van der Waals surface area contributed by atoms with Crippen LogP contribution in [0.4, 0.5) is 0 Å². The molecule has 1 unspecified atom stereocenters. The SMILES string of the molecule is CCC(O)c1cc2cc(C)nn2c(=O)n1Cc1ccccc1. The average Bonchev–Trinajstić information content (AvgIpc) is 2.91.